The van der Waals surface area contributed by atoms with Crippen molar-refractivity contribution < 1.29 is 9.90 Å². The Morgan fingerprint density at radius 2 is 2.00 bits per heavy atom. The predicted octanol–water partition coefficient (Wildman–Crippen LogP) is 0.125. The van der Waals surface area contributed by atoms with E-state index in [2.05, 4.69) is 4.90 Å². The number of amides is 1. The largest absolute Gasteiger partial charge is 0.508 e. The summed E-state index contributed by atoms with van der Waals surface area (Å²) in [7, 11) is 0. The molecule has 1 heterocycles. The lowest BCUT2D eigenvalue weighted by Crippen LogP contribution is -2.45. The van der Waals surface area contributed by atoms with E-state index in [-0.39, 0.29) is 5.75 Å². The van der Waals surface area contributed by atoms with E-state index in [1.807, 2.05) is 12.1 Å². The smallest absolute Gasteiger partial charge is 0.209 e. The van der Waals surface area contributed by atoms with Gasteiger partial charge < -0.3 is 15.7 Å². The Bertz CT molecular complexity index is 415. The summed E-state index contributed by atoms with van der Waals surface area (Å²) in [4.78, 5) is 14.7. The van der Waals surface area contributed by atoms with Crippen LogP contribution in [0.5, 0.6) is 5.75 Å². The van der Waals surface area contributed by atoms with Crippen LogP contribution in [0.4, 0.5) is 0 Å². The molecule has 0 aromatic heterocycles. The number of rotatable bonds is 4. The molecule has 2 rings (SSSR count). The van der Waals surface area contributed by atoms with Gasteiger partial charge in [-0.05, 0) is 17.7 Å². The molecule has 0 bridgehead atoms. The molecule has 18 heavy (non-hydrogen) atoms. The van der Waals surface area contributed by atoms with Gasteiger partial charge in [0, 0.05) is 44.8 Å². The average molecular weight is 249 g/mol. The van der Waals surface area contributed by atoms with E-state index in [0.717, 1.165) is 50.3 Å². The average Bonchev–Trinajstić information content (AvgIpc) is 2.42. The Morgan fingerprint density at radius 3 is 2.61 bits per heavy atom. The number of phenols is 1. The molecule has 1 aliphatic heterocycles. The van der Waals surface area contributed by atoms with Crippen LogP contribution in [0.15, 0.2) is 18.2 Å². The fraction of sp³-hybridized carbons (Fsp3) is 0.462. The first-order valence-electron chi connectivity index (χ1n) is 6.15. The van der Waals surface area contributed by atoms with E-state index < -0.39 is 0 Å². The number of carbonyl (C=O) groups excluding carboxylic acids is 1. The summed E-state index contributed by atoms with van der Waals surface area (Å²) in [6, 6.07) is 5.56. The lowest BCUT2D eigenvalue weighted by Gasteiger charge is -2.32. The maximum atomic E-state index is 10.6. The van der Waals surface area contributed by atoms with Gasteiger partial charge in [0.2, 0.25) is 6.41 Å². The van der Waals surface area contributed by atoms with E-state index in [0.29, 0.717) is 6.54 Å². The van der Waals surface area contributed by atoms with E-state index in [4.69, 9.17) is 5.73 Å². The summed E-state index contributed by atoms with van der Waals surface area (Å²) >= 11 is 0. The molecule has 0 unspecified atom stereocenters. The van der Waals surface area contributed by atoms with Crippen molar-refractivity contribution in [1.29, 1.82) is 0 Å². The number of phenolic OH excluding ortho intramolecular Hbond substituents is 1. The Morgan fingerprint density at radius 1 is 1.28 bits per heavy atom. The number of nitrogens with zero attached hydrogens (tertiary/aromatic N) is 2. The fourth-order valence-electron chi connectivity index (χ4n) is 2.19. The zero-order chi connectivity index (χ0) is 13.0. The molecule has 1 fully saturated rings. The van der Waals surface area contributed by atoms with Gasteiger partial charge in [0.1, 0.15) is 5.75 Å². The van der Waals surface area contributed by atoms with Gasteiger partial charge in [-0.1, -0.05) is 6.07 Å². The molecule has 98 valence electrons. The maximum Gasteiger partial charge on any atom is 0.209 e. The summed E-state index contributed by atoms with van der Waals surface area (Å²) in [5, 5.41) is 9.57. The van der Waals surface area contributed by atoms with Crippen LogP contribution in [0, 0.1) is 0 Å². The number of piperazine rings is 1. The summed E-state index contributed by atoms with van der Waals surface area (Å²) in [6.07, 6.45) is 0.907. The lowest BCUT2D eigenvalue weighted by molar-refractivity contribution is -0.119. The van der Waals surface area contributed by atoms with Crippen molar-refractivity contribution in [2.45, 2.75) is 13.1 Å². The van der Waals surface area contributed by atoms with Gasteiger partial charge in [-0.2, -0.15) is 0 Å². The Hall–Kier alpha value is -1.59. The van der Waals surface area contributed by atoms with Crippen LogP contribution >= 0.6 is 0 Å². The highest BCUT2D eigenvalue weighted by atomic mass is 16.3. The molecule has 1 saturated heterocycles. The molecule has 0 atom stereocenters. The lowest BCUT2D eigenvalue weighted by atomic mass is 10.1. The van der Waals surface area contributed by atoms with Gasteiger partial charge in [0.05, 0.1) is 0 Å². The molecular formula is C13H19N3O2. The Balaban J connectivity index is 1.95. The first-order valence-corrected chi connectivity index (χ1v) is 6.15. The molecule has 3 N–H and O–H groups in total. The van der Waals surface area contributed by atoms with Crippen LogP contribution in [0.25, 0.3) is 0 Å². The van der Waals surface area contributed by atoms with Crippen molar-refractivity contribution >= 4 is 6.41 Å². The second-order valence-electron chi connectivity index (χ2n) is 4.58. The number of benzene rings is 1. The fourth-order valence-corrected chi connectivity index (χ4v) is 2.19. The van der Waals surface area contributed by atoms with E-state index in [9.17, 15) is 9.90 Å². The molecular weight excluding hydrogens is 230 g/mol. The minimum atomic E-state index is 0.257. The predicted molar refractivity (Wildman–Crippen MR) is 68.9 cm³/mol. The number of carbonyl (C=O) groups is 1. The number of aromatic hydroxyl groups is 1. The molecule has 0 radical (unpaired) electrons. The van der Waals surface area contributed by atoms with Gasteiger partial charge in [-0.3, -0.25) is 9.69 Å². The van der Waals surface area contributed by atoms with Gasteiger partial charge in [-0.15, -0.1) is 0 Å². The van der Waals surface area contributed by atoms with Crippen LogP contribution in [-0.4, -0.2) is 47.5 Å². The highest BCUT2D eigenvalue weighted by molar-refractivity contribution is 5.47. The zero-order valence-corrected chi connectivity index (χ0v) is 10.4. The monoisotopic (exact) mass is 249 g/mol. The van der Waals surface area contributed by atoms with Crippen LogP contribution in [0.2, 0.25) is 0 Å². The van der Waals surface area contributed by atoms with Crippen molar-refractivity contribution in [2.24, 2.45) is 5.73 Å². The van der Waals surface area contributed by atoms with E-state index >= 15 is 0 Å². The Labute approximate surface area is 107 Å². The molecule has 0 spiro atoms. The molecule has 1 amide bonds. The molecule has 1 aromatic carbocycles. The second-order valence-corrected chi connectivity index (χ2v) is 4.58. The quantitative estimate of drug-likeness (QED) is 0.744. The van der Waals surface area contributed by atoms with Gasteiger partial charge in [-0.25, -0.2) is 0 Å². The van der Waals surface area contributed by atoms with Crippen molar-refractivity contribution in [2.75, 3.05) is 26.2 Å². The van der Waals surface area contributed by atoms with Crippen LogP contribution in [0.1, 0.15) is 11.1 Å². The standard InChI is InChI=1S/C13H19N3O2/c14-8-12-7-11(1-2-13(12)18)9-15-3-5-16(10-17)6-4-15/h1-2,7,10,18H,3-6,8-9,14H2. The topological polar surface area (TPSA) is 69.8 Å². The first-order chi connectivity index (χ1) is 8.72. The molecule has 0 aliphatic carbocycles. The van der Waals surface area contributed by atoms with Crippen molar-refractivity contribution in [3.8, 4) is 5.75 Å². The minimum Gasteiger partial charge on any atom is -0.508 e. The third-order valence-corrected chi connectivity index (χ3v) is 3.33. The van der Waals surface area contributed by atoms with Gasteiger partial charge in [0.15, 0.2) is 0 Å². The minimum absolute atomic E-state index is 0.257. The number of hydrogen-bond acceptors (Lipinski definition) is 4. The van der Waals surface area contributed by atoms with Crippen molar-refractivity contribution in [1.82, 2.24) is 9.80 Å². The normalized spacial score (nSPS) is 16.8. The van der Waals surface area contributed by atoms with E-state index in [1.165, 1.54) is 0 Å². The Kier molecular flexibility index (Phi) is 4.17. The third kappa shape index (κ3) is 3.00. The summed E-state index contributed by atoms with van der Waals surface area (Å²) in [5.41, 5.74) is 7.49. The molecule has 5 nitrogen and oxygen atoms in total. The first kappa shape index (κ1) is 12.9. The van der Waals surface area contributed by atoms with E-state index in [1.54, 1.807) is 11.0 Å². The van der Waals surface area contributed by atoms with Gasteiger partial charge in [0.25, 0.3) is 0 Å². The summed E-state index contributed by atoms with van der Waals surface area (Å²) < 4.78 is 0. The number of nitrogens with two attached hydrogens (primary N) is 1. The summed E-state index contributed by atoms with van der Waals surface area (Å²) in [6.45, 7) is 4.52. The van der Waals surface area contributed by atoms with Crippen LogP contribution < -0.4 is 5.73 Å². The van der Waals surface area contributed by atoms with Crippen LogP contribution in [0.3, 0.4) is 0 Å². The summed E-state index contributed by atoms with van der Waals surface area (Å²) in [5.74, 6) is 0.257. The van der Waals surface area contributed by atoms with Crippen LogP contribution in [-0.2, 0) is 17.9 Å². The van der Waals surface area contributed by atoms with Gasteiger partial charge >= 0.3 is 0 Å². The third-order valence-electron chi connectivity index (χ3n) is 3.33. The number of hydrogen-bond donors (Lipinski definition) is 2. The molecule has 1 aromatic rings. The molecule has 5 heteroatoms. The van der Waals surface area contributed by atoms with Crippen molar-refractivity contribution in [3.63, 3.8) is 0 Å². The molecule has 0 saturated carbocycles. The highest BCUT2D eigenvalue weighted by Crippen LogP contribution is 2.19. The van der Waals surface area contributed by atoms with Crippen molar-refractivity contribution in [3.05, 3.63) is 29.3 Å². The second kappa shape index (κ2) is 5.84. The SMILES string of the molecule is NCc1cc(CN2CCN(C=O)CC2)ccc1O. The highest BCUT2D eigenvalue weighted by Gasteiger charge is 2.15. The zero-order valence-electron chi connectivity index (χ0n) is 10.4. The maximum absolute atomic E-state index is 10.6. The molecule has 1 aliphatic rings.